The van der Waals surface area contributed by atoms with Crippen LogP contribution in [0.4, 0.5) is 5.13 Å². The molecule has 18 heavy (non-hydrogen) atoms. The van der Waals surface area contributed by atoms with Gasteiger partial charge in [0.05, 0.1) is 6.61 Å². The largest absolute Gasteiger partial charge is 0.461 e. The molecule has 1 aliphatic carbocycles. The number of nitrogens with one attached hydrogen (secondary N) is 1. The third-order valence-electron chi connectivity index (χ3n) is 2.65. The number of carbonyl (C=O) groups excluding carboxylic acids is 2. The number of rotatable bonds is 6. The van der Waals surface area contributed by atoms with Crippen LogP contribution in [0.25, 0.3) is 0 Å². The zero-order valence-electron chi connectivity index (χ0n) is 10.5. The van der Waals surface area contributed by atoms with E-state index in [2.05, 4.69) is 10.3 Å². The summed E-state index contributed by atoms with van der Waals surface area (Å²) in [5.41, 5.74) is 0.132. The van der Waals surface area contributed by atoms with Crippen molar-refractivity contribution in [1.82, 2.24) is 4.98 Å². The van der Waals surface area contributed by atoms with Crippen LogP contribution in [0.5, 0.6) is 0 Å². The predicted molar refractivity (Wildman–Crippen MR) is 69.3 cm³/mol. The normalized spacial score (nSPS) is 14.3. The summed E-state index contributed by atoms with van der Waals surface area (Å²) in [4.78, 5) is 27.7. The Kier molecular flexibility index (Phi) is 3.96. The summed E-state index contributed by atoms with van der Waals surface area (Å²) in [5, 5.41) is 3.79. The van der Waals surface area contributed by atoms with Crippen molar-refractivity contribution >= 4 is 28.2 Å². The van der Waals surface area contributed by atoms with Gasteiger partial charge in [-0.05, 0) is 25.7 Å². The van der Waals surface area contributed by atoms with Crippen molar-refractivity contribution in [2.24, 2.45) is 5.92 Å². The van der Waals surface area contributed by atoms with E-state index in [1.165, 1.54) is 31.1 Å². The van der Waals surface area contributed by atoms with Crippen molar-refractivity contribution in [1.29, 1.82) is 0 Å². The molecule has 98 valence electrons. The van der Waals surface area contributed by atoms with Crippen molar-refractivity contribution in [2.75, 3.05) is 18.5 Å². The summed E-state index contributed by atoms with van der Waals surface area (Å²) in [6.45, 7) is 4.29. The summed E-state index contributed by atoms with van der Waals surface area (Å²) < 4.78 is 4.90. The number of thiazole rings is 1. The van der Waals surface area contributed by atoms with E-state index in [-0.39, 0.29) is 18.1 Å². The Morgan fingerprint density at radius 3 is 2.78 bits per heavy atom. The van der Waals surface area contributed by atoms with Crippen LogP contribution >= 0.6 is 11.3 Å². The van der Waals surface area contributed by atoms with E-state index >= 15 is 0 Å². The second-order valence-corrected chi connectivity index (χ2v) is 5.30. The first kappa shape index (κ1) is 13.0. The van der Waals surface area contributed by atoms with Crippen molar-refractivity contribution in [2.45, 2.75) is 26.7 Å². The lowest BCUT2D eigenvalue weighted by Crippen LogP contribution is -2.09. The molecule has 1 fully saturated rings. The van der Waals surface area contributed by atoms with Gasteiger partial charge in [0.15, 0.2) is 16.6 Å². The summed E-state index contributed by atoms with van der Waals surface area (Å²) in [6.07, 6.45) is 2.48. The fourth-order valence-electron chi connectivity index (χ4n) is 1.53. The first-order chi connectivity index (χ1) is 8.61. The third kappa shape index (κ3) is 3.07. The van der Waals surface area contributed by atoms with Crippen molar-refractivity contribution in [3.05, 3.63) is 10.6 Å². The Bertz CT molecular complexity index is 466. The van der Waals surface area contributed by atoms with E-state index in [1.54, 1.807) is 6.92 Å². The van der Waals surface area contributed by atoms with Gasteiger partial charge in [-0.1, -0.05) is 11.3 Å². The summed E-state index contributed by atoms with van der Waals surface area (Å²) in [5.74, 6) is 0.0224. The van der Waals surface area contributed by atoms with Crippen LogP contribution in [-0.2, 0) is 4.74 Å². The van der Waals surface area contributed by atoms with E-state index < -0.39 is 5.97 Å². The number of carbonyl (C=O) groups is 2. The Morgan fingerprint density at radius 2 is 2.22 bits per heavy atom. The first-order valence-electron chi connectivity index (χ1n) is 6.04. The molecule has 1 heterocycles. The molecule has 1 aromatic heterocycles. The molecule has 0 atom stereocenters. The predicted octanol–water partition coefficient (Wildman–Crippen LogP) is 2.34. The van der Waals surface area contributed by atoms with Gasteiger partial charge in [0, 0.05) is 13.5 Å². The molecule has 1 aromatic rings. The number of esters is 1. The van der Waals surface area contributed by atoms with E-state index in [1.807, 2.05) is 0 Å². The summed E-state index contributed by atoms with van der Waals surface area (Å²) >= 11 is 1.22. The van der Waals surface area contributed by atoms with Crippen LogP contribution in [0.1, 0.15) is 46.8 Å². The average molecular weight is 268 g/mol. The van der Waals surface area contributed by atoms with Crippen molar-refractivity contribution in [3.63, 3.8) is 0 Å². The fourth-order valence-corrected chi connectivity index (χ4v) is 2.38. The lowest BCUT2D eigenvalue weighted by molar-refractivity contribution is 0.0517. The first-order valence-corrected chi connectivity index (χ1v) is 6.86. The minimum absolute atomic E-state index is 0.132. The lowest BCUT2D eigenvalue weighted by atomic mass is 10.3. The number of anilines is 1. The SMILES string of the molecule is CCOC(=O)c1nc(NCC2CC2)sc1C(C)=O. The number of Topliss-reactive ketones (excluding diaryl/α,β-unsaturated/α-hetero) is 1. The molecule has 0 radical (unpaired) electrons. The monoisotopic (exact) mass is 268 g/mol. The third-order valence-corrected chi connectivity index (χ3v) is 3.77. The molecule has 5 nitrogen and oxygen atoms in total. The highest BCUT2D eigenvalue weighted by Crippen LogP contribution is 2.30. The average Bonchev–Trinajstić information content (AvgIpc) is 3.04. The van der Waals surface area contributed by atoms with Gasteiger partial charge in [-0.3, -0.25) is 4.79 Å². The Morgan fingerprint density at radius 1 is 1.50 bits per heavy atom. The number of hydrogen-bond acceptors (Lipinski definition) is 6. The maximum Gasteiger partial charge on any atom is 0.358 e. The molecule has 0 aromatic carbocycles. The Hall–Kier alpha value is -1.43. The van der Waals surface area contributed by atoms with E-state index in [4.69, 9.17) is 4.74 Å². The van der Waals surface area contributed by atoms with Gasteiger partial charge in [-0.15, -0.1) is 0 Å². The van der Waals surface area contributed by atoms with Gasteiger partial charge < -0.3 is 10.1 Å². The zero-order chi connectivity index (χ0) is 13.1. The molecule has 1 saturated carbocycles. The lowest BCUT2D eigenvalue weighted by Gasteiger charge is -1.99. The van der Waals surface area contributed by atoms with Crippen molar-refractivity contribution in [3.8, 4) is 0 Å². The number of ether oxygens (including phenoxy) is 1. The minimum atomic E-state index is -0.529. The number of nitrogens with zero attached hydrogens (tertiary/aromatic N) is 1. The maximum absolute atomic E-state index is 11.7. The van der Waals surface area contributed by atoms with Gasteiger partial charge in [-0.2, -0.15) is 0 Å². The molecule has 1 aliphatic rings. The van der Waals surface area contributed by atoms with Gasteiger partial charge >= 0.3 is 5.97 Å². The van der Waals surface area contributed by atoms with Gasteiger partial charge in [0.1, 0.15) is 4.88 Å². The summed E-state index contributed by atoms with van der Waals surface area (Å²) in [7, 11) is 0. The second-order valence-electron chi connectivity index (χ2n) is 4.30. The highest BCUT2D eigenvalue weighted by atomic mass is 32.1. The molecular weight excluding hydrogens is 252 g/mol. The minimum Gasteiger partial charge on any atom is -0.461 e. The molecule has 0 amide bonds. The molecule has 0 unspecified atom stereocenters. The second kappa shape index (κ2) is 5.48. The standard InChI is InChI=1S/C12H16N2O3S/c1-3-17-11(16)9-10(7(2)15)18-12(14-9)13-6-8-4-5-8/h8H,3-6H2,1-2H3,(H,13,14). The molecule has 2 rings (SSSR count). The maximum atomic E-state index is 11.7. The van der Waals surface area contributed by atoms with Gasteiger partial charge in [0.25, 0.3) is 0 Å². The van der Waals surface area contributed by atoms with Crippen LogP contribution in [-0.4, -0.2) is 29.9 Å². The molecule has 0 spiro atoms. The topological polar surface area (TPSA) is 68.3 Å². The van der Waals surface area contributed by atoms with Crippen molar-refractivity contribution < 1.29 is 14.3 Å². The number of aromatic nitrogens is 1. The quantitative estimate of drug-likeness (QED) is 0.633. The molecule has 0 bridgehead atoms. The van der Waals surface area contributed by atoms with E-state index in [0.29, 0.717) is 15.9 Å². The van der Waals surface area contributed by atoms with Gasteiger partial charge in [-0.25, -0.2) is 9.78 Å². The van der Waals surface area contributed by atoms with E-state index in [9.17, 15) is 9.59 Å². The Labute approximate surface area is 110 Å². The van der Waals surface area contributed by atoms with Crippen LogP contribution in [0.15, 0.2) is 0 Å². The summed E-state index contributed by atoms with van der Waals surface area (Å²) in [6, 6.07) is 0. The molecule has 0 aliphatic heterocycles. The van der Waals surface area contributed by atoms with E-state index in [0.717, 1.165) is 6.54 Å². The van der Waals surface area contributed by atoms with Crippen LogP contribution in [0.3, 0.4) is 0 Å². The zero-order valence-corrected chi connectivity index (χ0v) is 11.3. The molecule has 1 N–H and O–H groups in total. The number of hydrogen-bond donors (Lipinski definition) is 1. The highest BCUT2D eigenvalue weighted by molar-refractivity contribution is 7.17. The van der Waals surface area contributed by atoms with Crippen LogP contribution < -0.4 is 5.32 Å². The molecule has 6 heteroatoms. The van der Waals surface area contributed by atoms with Gasteiger partial charge in [0.2, 0.25) is 0 Å². The molecular formula is C12H16N2O3S. The fraction of sp³-hybridized carbons (Fsp3) is 0.583. The smallest absolute Gasteiger partial charge is 0.358 e. The molecule has 0 saturated heterocycles. The highest BCUT2D eigenvalue weighted by Gasteiger charge is 2.24. The van der Waals surface area contributed by atoms with Crippen LogP contribution in [0.2, 0.25) is 0 Å². The Balaban J connectivity index is 2.14. The number of ketones is 1. The van der Waals surface area contributed by atoms with Crippen LogP contribution in [0, 0.1) is 5.92 Å².